The number of hydrogen-bond donors (Lipinski definition) is 3. The van der Waals surface area contributed by atoms with E-state index in [0.717, 1.165) is 64.2 Å². The Balaban J connectivity index is 1.24. The average molecular weight is 569 g/mol. The second-order valence-corrected chi connectivity index (χ2v) is 12.4. The summed E-state index contributed by atoms with van der Waals surface area (Å²) in [6.45, 7) is 6.69. The highest BCUT2D eigenvalue weighted by molar-refractivity contribution is 6.12. The third-order valence-electron chi connectivity index (χ3n) is 9.71. The lowest BCUT2D eigenvalue weighted by molar-refractivity contribution is -0.0691. The molecule has 11 heteroatoms. The van der Waals surface area contributed by atoms with Crippen molar-refractivity contribution in [1.29, 1.82) is 0 Å². The number of piperazine rings is 1. The number of fused-ring (bicyclic) bond motifs is 2. The first-order chi connectivity index (χ1) is 20.0. The fourth-order valence-corrected chi connectivity index (χ4v) is 7.25. The molecule has 1 aliphatic carbocycles. The van der Waals surface area contributed by atoms with Gasteiger partial charge in [0.05, 0.1) is 42.4 Å². The minimum absolute atomic E-state index is 0.128. The fourth-order valence-electron chi connectivity index (χ4n) is 7.25. The van der Waals surface area contributed by atoms with Gasteiger partial charge in [0.25, 0.3) is 5.91 Å². The first-order valence-corrected chi connectivity index (χ1v) is 15.6. The van der Waals surface area contributed by atoms with Crippen molar-refractivity contribution in [3.05, 3.63) is 24.0 Å². The van der Waals surface area contributed by atoms with Crippen molar-refractivity contribution in [1.82, 2.24) is 19.7 Å². The molecule has 3 aliphatic heterocycles. The second kappa shape index (κ2) is 12.1. The second-order valence-electron chi connectivity index (χ2n) is 12.4. The Kier molecular flexibility index (Phi) is 8.35. The Morgan fingerprint density at radius 2 is 1.83 bits per heavy atom. The number of anilines is 4. The molecule has 1 amide bonds. The standard InChI is InChI=1S/C30H45FN8O2/c1-21-18-37(22-19-41-20-22)14-15-38(21)24-10-13-33-16-23(24)35-29(40)26-27(32)36-39-28(26)34-17-25(31)30(39)11-8-6-4-2-3-5-7-9-12-30/h10,13,16,21-22,25,34H,2-9,11-12,14-15,17-20H2,1H3,(H2,32,36)(H,35,40)/t21-,25?/m1/s1. The summed E-state index contributed by atoms with van der Waals surface area (Å²) >= 11 is 0. The minimum Gasteiger partial charge on any atom is -0.381 e. The molecule has 2 atom stereocenters. The van der Waals surface area contributed by atoms with Gasteiger partial charge in [-0.05, 0) is 25.8 Å². The number of carbonyl (C=O) groups excluding carboxylic acids is 1. The smallest absolute Gasteiger partial charge is 0.263 e. The zero-order chi connectivity index (χ0) is 28.4. The summed E-state index contributed by atoms with van der Waals surface area (Å²) in [5.74, 6) is 0.300. The molecule has 224 valence electrons. The lowest BCUT2D eigenvalue weighted by atomic mass is 9.81. The number of ether oxygens (including phenoxy) is 1. The largest absolute Gasteiger partial charge is 0.381 e. The fraction of sp³-hybridized carbons (Fsp3) is 0.700. The van der Waals surface area contributed by atoms with E-state index in [1.165, 1.54) is 25.7 Å². The maximum Gasteiger partial charge on any atom is 0.263 e. The van der Waals surface area contributed by atoms with Gasteiger partial charge in [-0.2, -0.15) is 5.10 Å². The highest BCUT2D eigenvalue weighted by Gasteiger charge is 2.47. The molecule has 41 heavy (non-hydrogen) atoms. The zero-order valence-electron chi connectivity index (χ0n) is 24.3. The number of hydrogen-bond acceptors (Lipinski definition) is 8. The molecule has 1 saturated carbocycles. The van der Waals surface area contributed by atoms with Crippen LogP contribution in [0.15, 0.2) is 18.5 Å². The van der Waals surface area contributed by atoms with Crippen LogP contribution in [0.4, 0.5) is 27.4 Å². The van der Waals surface area contributed by atoms with Crippen LogP contribution in [-0.2, 0) is 10.3 Å². The first kappa shape index (κ1) is 28.2. The maximum atomic E-state index is 15.9. The number of rotatable bonds is 4. The number of carbonyl (C=O) groups is 1. The van der Waals surface area contributed by atoms with E-state index in [4.69, 9.17) is 10.5 Å². The Labute approximate surface area is 242 Å². The first-order valence-electron chi connectivity index (χ1n) is 15.6. The van der Waals surface area contributed by atoms with Crippen LogP contribution in [0.25, 0.3) is 0 Å². The van der Waals surface area contributed by atoms with E-state index in [0.29, 0.717) is 30.4 Å². The quantitative estimate of drug-likeness (QED) is 0.498. The van der Waals surface area contributed by atoms with Gasteiger partial charge < -0.3 is 26.0 Å². The van der Waals surface area contributed by atoms with E-state index in [-0.39, 0.29) is 29.9 Å². The van der Waals surface area contributed by atoms with Crippen molar-refractivity contribution in [3.63, 3.8) is 0 Å². The molecule has 2 saturated heterocycles. The molecule has 0 aromatic carbocycles. The van der Waals surface area contributed by atoms with E-state index >= 15 is 4.39 Å². The Morgan fingerprint density at radius 1 is 1.12 bits per heavy atom. The van der Waals surface area contributed by atoms with Crippen molar-refractivity contribution < 1.29 is 13.9 Å². The SMILES string of the molecule is C[C@@H]1CN(C2COC2)CCN1c1ccncc1NC(=O)c1c(N)nn2c1NCC(F)C21CCCCCCCCCC1. The van der Waals surface area contributed by atoms with Crippen LogP contribution < -0.4 is 21.3 Å². The molecule has 4 N–H and O–H groups in total. The predicted molar refractivity (Wildman–Crippen MR) is 159 cm³/mol. The van der Waals surface area contributed by atoms with Gasteiger partial charge in [-0.15, -0.1) is 0 Å². The highest BCUT2D eigenvalue weighted by Crippen LogP contribution is 2.43. The van der Waals surface area contributed by atoms with Gasteiger partial charge in [0, 0.05) is 38.4 Å². The molecule has 2 aromatic heterocycles. The summed E-state index contributed by atoms with van der Waals surface area (Å²) in [5, 5.41) is 10.9. The topological polar surface area (TPSA) is 114 Å². The van der Waals surface area contributed by atoms with Gasteiger partial charge in [-0.3, -0.25) is 14.7 Å². The van der Waals surface area contributed by atoms with E-state index in [1.807, 2.05) is 6.07 Å². The van der Waals surface area contributed by atoms with Crippen LogP contribution in [0.2, 0.25) is 0 Å². The summed E-state index contributed by atoms with van der Waals surface area (Å²) in [6, 6.07) is 2.72. The average Bonchev–Trinajstić information content (AvgIpc) is 3.25. The molecule has 4 aliphatic rings. The molecule has 5 heterocycles. The van der Waals surface area contributed by atoms with Crippen molar-refractivity contribution in [3.8, 4) is 0 Å². The zero-order valence-corrected chi connectivity index (χ0v) is 24.3. The van der Waals surface area contributed by atoms with Gasteiger partial charge in [-0.1, -0.05) is 51.4 Å². The normalized spacial score (nSPS) is 26.0. The number of aromatic nitrogens is 3. The van der Waals surface area contributed by atoms with E-state index in [1.54, 1.807) is 17.1 Å². The third-order valence-corrected chi connectivity index (χ3v) is 9.71. The summed E-state index contributed by atoms with van der Waals surface area (Å²) in [5.41, 5.74) is 7.50. The van der Waals surface area contributed by atoms with Crippen molar-refractivity contribution in [2.24, 2.45) is 0 Å². The summed E-state index contributed by atoms with van der Waals surface area (Å²) in [7, 11) is 0. The summed E-state index contributed by atoms with van der Waals surface area (Å²) in [6.07, 6.45) is 12.7. The molecule has 2 aromatic rings. The molecular weight excluding hydrogens is 523 g/mol. The number of nitrogen functional groups attached to an aromatic ring is 1. The number of nitrogens with two attached hydrogens (primary N) is 1. The molecular formula is C30H45FN8O2. The van der Waals surface area contributed by atoms with Crippen LogP contribution >= 0.6 is 0 Å². The van der Waals surface area contributed by atoms with Crippen LogP contribution in [0.1, 0.15) is 81.5 Å². The predicted octanol–water partition coefficient (Wildman–Crippen LogP) is 4.40. The molecule has 3 fully saturated rings. The van der Waals surface area contributed by atoms with Crippen molar-refractivity contribution in [2.45, 2.75) is 94.9 Å². The van der Waals surface area contributed by atoms with E-state index in [9.17, 15) is 4.79 Å². The number of pyridine rings is 1. The van der Waals surface area contributed by atoms with Crippen LogP contribution in [0.5, 0.6) is 0 Å². The van der Waals surface area contributed by atoms with Crippen LogP contribution in [0.3, 0.4) is 0 Å². The molecule has 1 spiro atoms. The van der Waals surface area contributed by atoms with E-state index in [2.05, 4.69) is 37.4 Å². The van der Waals surface area contributed by atoms with Gasteiger partial charge in [0.2, 0.25) is 0 Å². The number of nitrogens with one attached hydrogen (secondary N) is 2. The van der Waals surface area contributed by atoms with Gasteiger partial charge in [0.15, 0.2) is 5.82 Å². The number of halogens is 1. The lowest BCUT2D eigenvalue weighted by Crippen LogP contribution is -2.59. The van der Waals surface area contributed by atoms with Crippen LogP contribution in [-0.4, -0.2) is 83.2 Å². The van der Waals surface area contributed by atoms with Crippen molar-refractivity contribution >= 4 is 28.9 Å². The molecule has 1 unspecified atom stereocenters. The Bertz CT molecular complexity index is 1210. The van der Waals surface area contributed by atoms with Crippen LogP contribution in [0, 0.1) is 0 Å². The summed E-state index contributed by atoms with van der Waals surface area (Å²) < 4.78 is 23.0. The van der Waals surface area contributed by atoms with Gasteiger partial charge in [0.1, 0.15) is 17.6 Å². The van der Waals surface area contributed by atoms with Gasteiger partial charge >= 0.3 is 0 Å². The summed E-state index contributed by atoms with van der Waals surface area (Å²) in [4.78, 5) is 23.0. The Morgan fingerprint density at radius 3 is 2.49 bits per heavy atom. The highest BCUT2D eigenvalue weighted by atomic mass is 19.1. The van der Waals surface area contributed by atoms with Crippen molar-refractivity contribution in [2.75, 3.05) is 60.7 Å². The third kappa shape index (κ3) is 5.50. The lowest BCUT2D eigenvalue weighted by Gasteiger charge is -2.46. The minimum atomic E-state index is -1.09. The number of amides is 1. The maximum absolute atomic E-state index is 15.9. The molecule has 6 rings (SSSR count). The van der Waals surface area contributed by atoms with E-state index < -0.39 is 11.7 Å². The number of nitrogens with zero attached hydrogens (tertiary/aromatic N) is 5. The molecule has 10 nitrogen and oxygen atoms in total. The molecule has 0 radical (unpaired) electrons. The van der Waals surface area contributed by atoms with Gasteiger partial charge in [-0.25, -0.2) is 9.07 Å². The number of alkyl halides is 1. The Hall–Kier alpha value is -2.92. The monoisotopic (exact) mass is 568 g/mol. The molecule has 0 bridgehead atoms.